The maximum Gasteiger partial charge on any atom is 0.115 e. The lowest BCUT2D eigenvalue weighted by molar-refractivity contribution is 0.474. The summed E-state index contributed by atoms with van der Waals surface area (Å²) in [6.07, 6.45) is 0. The van der Waals surface area contributed by atoms with Gasteiger partial charge >= 0.3 is 0 Å². The minimum atomic E-state index is 0.0667. The molecule has 0 saturated carbocycles. The van der Waals surface area contributed by atoms with Gasteiger partial charge in [0.2, 0.25) is 0 Å². The summed E-state index contributed by atoms with van der Waals surface area (Å²) in [5, 5.41) is 82.5. The summed E-state index contributed by atoms with van der Waals surface area (Å²) in [5.74, 6) is 0.568. The van der Waals surface area contributed by atoms with E-state index in [1.807, 2.05) is 36.4 Å². The smallest absolute Gasteiger partial charge is 0.115 e. The molecule has 12 heteroatoms. The van der Waals surface area contributed by atoms with E-state index in [0.29, 0.717) is 101 Å². The van der Waals surface area contributed by atoms with Crippen molar-refractivity contribution in [3.8, 4) is 57.1 Å². The standard InChI is InChI=1S/C64H46N4O8/c69-49-19-1-39(2-20-49)61(40-3-21-50(70)22-4-40)65-57-35-17-47(37-59(57)67-63(43-9-27-53(73)28-10-43)44-11-29-54(74)30-12-44)48-18-36-58(66-62(41-5-23-51(71)24-6-41)42-7-25-52(72)26-8-42)60(38-48)68-64(45-13-31-55(75)32-14-45)46-15-33-56(76)34-16-46/h1-38,69-76H. The molecule has 0 aromatic heterocycles. The van der Waals surface area contributed by atoms with E-state index in [9.17, 15) is 40.9 Å². The number of hydrogen-bond acceptors (Lipinski definition) is 12. The van der Waals surface area contributed by atoms with Crippen LogP contribution in [0.3, 0.4) is 0 Å². The first kappa shape index (κ1) is 48.9. The van der Waals surface area contributed by atoms with Crippen molar-refractivity contribution in [2.45, 2.75) is 0 Å². The minimum Gasteiger partial charge on any atom is -0.508 e. The molecule has 0 aliphatic heterocycles. The number of hydrogen-bond donors (Lipinski definition) is 8. The van der Waals surface area contributed by atoms with Crippen molar-refractivity contribution in [3.63, 3.8) is 0 Å². The first-order valence-electron chi connectivity index (χ1n) is 23.9. The van der Waals surface area contributed by atoms with E-state index in [-0.39, 0.29) is 46.0 Å². The van der Waals surface area contributed by atoms with Gasteiger partial charge in [-0.15, -0.1) is 0 Å². The molecule has 76 heavy (non-hydrogen) atoms. The second-order valence-corrected chi connectivity index (χ2v) is 17.6. The number of aromatic hydroxyl groups is 8. The number of nitrogens with zero attached hydrogens (tertiary/aromatic N) is 4. The highest BCUT2D eigenvalue weighted by Gasteiger charge is 2.18. The number of phenols is 8. The van der Waals surface area contributed by atoms with E-state index in [1.54, 1.807) is 194 Å². The van der Waals surface area contributed by atoms with Crippen molar-refractivity contribution in [1.82, 2.24) is 0 Å². The molecule has 8 N–H and O–H groups in total. The average Bonchev–Trinajstić information content (AvgIpc) is 3.43. The molecule has 0 heterocycles. The van der Waals surface area contributed by atoms with Crippen molar-refractivity contribution in [2.24, 2.45) is 20.0 Å². The summed E-state index contributed by atoms with van der Waals surface area (Å²) in [7, 11) is 0. The fourth-order valence-electron chi connectivity index (χ4n) is 8.39. The Morgan fingerprint density at radius 3 is 0.513 bits per heavy atom. The van der Waals surface area contributed by atoms with E-state index >= 15 is 0 Å². The molecule has 0 saturated heterocycles. The second-order valence-electron chi connectivity index (χ2n) is 17.6. The fraction of sp³-hybridized carbons (Fsp3) is 0. The zero-order chi connectivity index (χ0) is 52.7. The molecule has 0 bridgehead atoms. The Morgan fingerprint density at radius 1 is 0.184 bits per heavy atom. The summed E-state index contributed by atoms with van der Waals surface area (Å²) in [6, 6.07) is 64.5. The summed E-state index contributed by atoms with van der Waals surface area (Å²) < 4.78 is 0. The van der Waals surface area contributed by atoms with Crippen LogP contribution in [0.25, 0.3) is 11.1 Å². The van der Waals surface area contributed by atoms with Crippen molar-refractivity contribution >= 4 is 45.6 Å². The molecule has 0 amide bonds. The van der Waals surface area contributed by atoms with Crippen LogP contribution in [0.4, 0.5) is 22.7 Å². The number of phenolic OH excluding ortho intramolecular Hbond substituents is 8. The molecular weight excluding hydrogens is 953 g/mol. The van der Waals surface area contributed by atoms with Crippen molar-refractivity contribution in [3.05, 3.63) is 275 Å². The third-order valence-corrected chi connectivity index (χ3v) is 12.3. The normalized spacial score (nSPS) is 10.8. The SMILES string of the molecule is Oc1ccc(C(=Nc2ccc(-c3ccc(N=C(c4ccc(O)cc4)c4ccc(O)cc4)c(N=C(c4ccc(O)cc4)c4ccc(O)cc4)c3)cc2N=C(c2ccc(O)cc2)c2ccc(O)cc2)c2ccc(O)cc2)cc1. The van der Waals surface area contributed by atoms with E-state index in [1.165, 1.54) is 0 Å². The third-order valence-electron chi connectivity index (χ3n) is 12.3. The molecular formula is C64H46N4O8. The summed E-state index contributed by atoms with van der Waals surface area (Å²) in [4.78, 5) is 21.3. The van der Waals surface area contributed by atoms with E-state index in [4.69, 9.17) is 20.0 Å². The van der Waals surface area contributed by atoms with Crippen LogP contribution in [0.5, 0.6) is 46.0 Å². The van der Waals surface area contributed by atoms with Crippen LogP contribution < -0.4 is 0 Å². The minimum absolute atomic E-state index is 0.0667. The van der Waals surface area contributed by atoms with Gasteiger partial charge in [0.05, 0.1) is 45.6 Å². The van der Waals surface area contributed by atoms with Gasteiger partial charge in [-0.1, -0.05) is 12.1 Å². The molecule has 0 spiro atoms. The van der Waals surface area contributed by atoms with Crippen LogP contribution in [0, 0.1) is 0 Å². The maximum atomic E-state index is 10.3. The fourth-order valence-corrected chi connectivity index (χ4v) is 8.39. The van der Waals surface area contributed by atoms with Crippen molar-refractivity contribution in [2.75, 3.05) is 0 Å². The second kappa shape index (κ2) is 21.6. The zero-order valence-corrected chi connectivity index (χ0v) is 40.3. The van der Waals surface area contributed by atoms with Gasteiger partial charge < -0.3 is 40.9 Å². The molecule has 0 aliphatic rings. The Morgan fingerprint density at radius 2 is 0.342 bits per heavy atom. The van der Waals surface area contributed by atoms with Crippen molar-refractivity contribution < 1.29 is 40.9 Å². The van der Waals surface area contributed by atoms with E-state index in [2.05, 4.69) is 0 Å². The van der Waals surface area contributed by atoms with Gasteiger partial charge in [0.25, 0.3) is 0 Å². The van der Waals surface area contributed by atoms with Crippen molar-refractivity contribution in [1.29, 1.82) is 0 Å². The largest absolute Gasteiger partial charge is 0.508 e. The lowest BCUT2D eigenvalue weighted by Gasteiger charge is -2.15. The van der Waals surface area contributed by atoms with E-state index in [0.717, 1.165) is 0 Å². The molecule has 370 valence electrons. The Labute approximate surface area is 436 Å². The Kier molecular flexibility index (Phi) is 13.9. The average molecular weight is 999 g/mol. The third kappa shape index (κ3) is 11.3. The highest BCUT2D eigenvalue weighted by Crippen LogP contribution is 2.40. The maximum absolute atomic E-state index is 10.3. The highest BCUT2D eigenvalue weighted by molar-refractivity contribution is 6.18. The number of rotatable bonds is 13. The molecule has 10 rings (SSSR count). The number of aliphatic imine (C=N–C) groups is 4. The van der Waals surface area contributed by atoms with Crippen LogP contribution in [-0.2, 0) is 0 Å². The number of benzene rings is 10. The summed E-state index contributed by atoms with van der Waals surface area (Å²) >= 11 is 0. The van der Waals surface area contributed by atoms with Gasteiger partial charge in [0, 0.05) is 44.5 Å². The molecule has 12 nitrogen and oxygen atoms in total. The quantitative estimate of drug-likeness (QED) is 0.0520. The topological polar surface area (TPSA) is 211 Å². The first-order chi connectivity index (χ1) is 36.9. The van der Waals surface area contributed by atoms with Gasteiger partial charge in [0.15, 0.2) is 0 Å². The van der Waals surface area contributed by atoms with Gasteiger partial charge in [-0.2, -0.15) is 0 Å². The molecule has 0 unspecified atom stereocenters. The van der Waals surface area contributed by atoms with Gasteiger partial charge in [0.1, 0.15) is 46.0 Å². The molecule has 0 atom stereocenters. The predicted molar refractivity (Wildman–Crippen MR) is 298 cm³/mol. The highest BCUT2D eigenvalue weighted by atomic mass is 16.3. The van der Waals surface area contributed by atoms with Crippen LogP contribution in [-0.4, -0.2) is 63.7 Å². The van der Waals surface area contributed by atoms with Gasteiger partial charge in [-0.25, -0.2) is 20.0 Å². The Balaban J connectivity index is 1.23. The van der Waals surface area contributed by atoms with Gasteiger partial charge in [-0.3, -0.25) is 0 Å². The predicted octanol–water partition coefficient (Wildman–Crippen LogP) is 13.7. The van der Waals surface area contributed by atoms with Crippen LogP contribution in [0.1, 0.15) is 44.5 Å². The Bertz CT molecular complexity index is 3370. The molecule has 10 aromatic carbocycles. The zero-order valence-electron chi connectivity index (χ0n) is 40.3. The molecule has 0 fully saturated rings. The van der Waals surface area contributed by atoms with Crippen LogP contribution in [0.2, 0.25) is 0 Å². The summed E-state index contributed by atoms with van der Waals surface area (Å²) in [6.45, 7) is 0. The molecule has 0 aliphatic carbocycles. The Hall–Kier alpha value is -10.7. The molecule has 0 radical (unpaired) electrons. The van der Waals surface area contributed by atoms with Gasteiger partial charge in [-0.05, 0) is 230 Å². The van der Waals surface area contributed by atoms with Crippen LogP contribution in [0.15, 0.2) is 250 Å². The first-order valence-corrected chi connectivity index (χ1v) is 23.9. The monoisotopic (exact) mass is 998 g/mol. The lowest BCUT2D eigenvalue weighted by atomic mass is 9.99. The van der Waals surface area contributed by atoms with E-state index < -0.39 is 0 Å². The van der Waals surface area contributed by atoms with Crippen LogP contribution >= 0.6 is 0 Å². The molecule has 10 aromatic rings. The lowest BCUT2D eigenvalue weighted by Crippen LogP contribution is -2.04. The summed E-state index contributed by atoms with van der Waals surface area (Å²) in [5.41, 5.74) is 10.5.